The summed E-state index contributed by atoms with van der Waals surface area (Å²) in [6.07, 6.45) is 1.65. The lowest BCUT2D eigenvalue weighted by molar-refractivity contribution is 0.0784. The molecule has 27 heavy (non-hydrogen) atoms. The molecule has 0 saturated heterocycles. The third kappa shape index (κ3) is 4.64. The first-order chi connectivity index (χ1) is 13.1. The molecule has 5 nitrogen and oxygen atoms in total. The first-order valence-electron chi connectivity index (χ1n) is 8.84. The van der Waals surface area contributed by atoms with E-state index in [-0.39, 0.29) is 11.5 Å². The van der Waals surface area contributed by atoms with Crippen molar-refractivity contribution < 1.29 is 9.53 Å². The van der Waals surface area contributed by atoms with Gasteiger partial charge in [-0.2, -0.15) is 0 Å². The summed E-state index contributed by atoms with van der Waals surface area (Å²) >= 11 is 0. The highest BCUT2D eigenvalue weighted by molar-refractivity contribution is 5.93. The molecule has 1 heterocycles. The Morgan fingerprint density at radius 1 is 1.00 bits per heavy atom. The average molecular weight is 362 g/mol. The summed E-state index contributed by atoms with van der Waals surface area (Å²) in [6, 6.07) is 20.2. The number of aryl methyl sites for hydroxylation is 1. The number of ether oxygens (including phenoxy) is 1. The van der Waals surface area contributed by atoms with Crippen LogP contribution in [-0.2, 0) is 13.1 Å². The summed E-state index contributed by atoms with van der Waals surface area (Å²) < 4.78 is 7.33. The number of pyridine rings is 1. The van der Waals surface area contributed by atoms with E-state index in [2.05, 4.69) is 0 Å². The topological polar surface area (TPSA) is 51.5 Å². The number of nitrogens with zero attached hydrogens (tertiary/aromatic N) is 2. The maximum Gasteiger partial charge on any atom is 0.254 e. The lowest BCUT2D eigenvalue weighted by atomic mass is 10.2. The molecule has 2 aromatic carbocycles. The zero-order chi connectivity index (χ0) is 19.2. The van der Waals surface area contributed by atoms with Gasteiger partial charge in [-0.3, -0.25) is 9.59 Å². The van der Waals surface area contributed by atoms with E-state index in [0.717, 1.165) is 17.1 Å². The predicted octanol–water partition coefficient (Wildman–Crippen LogP) is 3.93. The minimum atomic E-state index is -0.181. The number of carbonyl (C=O) groups is 1. The summed E-state index contributed by atoms with van der Waals surface area (Å²) in [5.74, 6) is 1.33. The Morgan fingerprint density at radius 3 is 2.30 bits per heavy atom. The highest BCUT2D eigenvalue weighted by atomic mass is 16.5. The smallest absolute Gasteiger partial charge is 0.254 e. The van der Waals surface area contributed by atoms with E-state index in [1.807, 2.05) is 61.5 Å². The number of carbonyl (C=O) groups excluding carboxylic acids is 1. The predicted molar refractivity (Wildman–Crippen MR) is 105 cm³/mol. The van der Waals surface area contributed by atoms with Gasteiger partial charge >= 0.3 is 0 Å². The van der Waals surface area contributed by atoms with E-state index in [4.69, 9.17) is 4.74 Å². The van der Waals surface area contributed by atoms with Crippen LogP contribution in [0, 0.1) is 0 Å². The Balaban J connectivity index is 1.65. The van der Waals surface area contributed by atoms with Gasteiger partial charge in [0.1, 0.15) is 11.5 Å². The summed E-state index contributed by atoms with van der Waals surface area (Å²) in [5, 5.41) is 0. The average Bonchev–Trinajstić information content (AvgIpc) is 2.69. The third-order valence-electron chi connectivity index (χ3n) is 4.25. The largest absolute Gasteiger partial charge is 0.457 e. The number of hydrogen-bond acceptors (Lipinski definition) is 3. The molecule has 138 valence electrons. The summed E-state index contributed by atoms with van der Waals surface area (Å²) in [4.78, 5) is 26.1. The molecule has 0 N–H and O–H groups in total. The van der Waals surface area contributed by atoms with Crippen molar-refractivity contribution >= 4 is 5.91 Å². The Hall–Kier alpha value is -3.34. The molecule has 0 fully saturated rings. The first-order valence-corrected chi connectivity index (χ1v) is 8.84. The van der Waals surface area contributed by atoms with Crippen LogP contribution in [0.3, 0.4) is 0 Å². The Morgan fingerprint density at radius 2 is 1.67 bits per heavy atom. The van der Waals surface area contributed by atoms with E-state index in [1.54, 1.807) is 28.8 Å². The van der Waals surface area contributed by atoms with Crippen molar-refractivity contribution in [3.05, 3.63) is 94.4 Å². The quantitative estimate of drug-likeness (QED) is 0.667. The van der Waals surface area contributed by atoms with Gasteiger partial charge < -0.3 is 14.2 Å². The molecular weight excluding hydrogens is 340 g/mol. The number of aromatic nitrogens is 1. The number of rotatable bonds is 6. The van der Waals surface area contributed by atoms with E-state index >= 15 is 0 Å². The molecule has 0 radical (unpaired) electrons. The molecule has 3 aromatic rings. The van der Waals surface area contributed by atoms with Crippen molar-refractivity contribution in [1.29, 1.82) is 0 Å². The van der Waals surface area contributed by atoms with Gasteiger partial charge in [-0.25, -0.2) is 0 Å². The number of hydrogen-bond donors (Lipinski definition) is 0. The van der Waals surface area contributed by atoms with E-state index in [1.165, 1.54) is 6.07 Å². The molecule has 0 saturated carbocycles. The molecular formula is C22H22N2O3. The van der Waals surface area contributed by atoms with Crippen LogP contribution < -0.4 is 10.3 Å². The molecule has 0 aliphatic carbocycles. The van der Waals surface area contributed by atoms with Crippen LogP contribution in [0.1, 0.15) is 22.8 Å². The van der Waals surface area contributed by atoms with Crippen molar-refractivity contribution in [3.8, 4) is 11.5 Å². The second-order valence-corrected chi connectivity index (χ2v) is 6.26. The summed E-state index contributed by atoms with van der Waals surface area (Å²) in [6.45, 7) is 2.92. The highest BCUT2D eigenvalue weighted by Gasteiger charge is 2.13. The van der Waals surface area contributed by atoms with Crippen LogP contribution in [0.2, 0.25) is 0 Å². The van der Waals surface area contributed by atoms with Crippen LogP contribution in [0.5, 0.6) is 11.5 Å². The van der Waals surface area contributed by atoms with Crippen molar-refractivity contribution in [1.82, 2.24) is 9.47 Å². The summed E-state index contributed by atoms with van der Waals surface area (Å²) in [5.41, 5.74) is 1.21. The van der Waals surface area contributed by atoms with Crippen molar-refractivity contribution in [2.75, 3.05) is 7.05 Å². The Bertz CT molecular complexity index is 963. The van der Waals surface area contributed by atoms with Gasteiger partial charge in [0, 0.05) is 38.0 Å². The van der Waals surface area contributed by atoms with E-state index in [0.29, 0.717) is 18.7 Å². The van der Waals surface area contributed by atoms with Gasteiger partial charge in [-0.1, -0.05) is 30.3 Å². The van der Waals surface area contributed by atoms with Crippen LogP contribution in [0.4, 0.5) is 0 Å². The maximum atomic E-state index is 12.6. The fraction of sp³-hybridized carbons (Fsp3) is 0.182. The molecule has 0 unspecified atom stereocenters. The van der Waals surface area contributed by atoms with Crippen molar-refractivity contribution in [2.24, 2.45) is 0 Å². The highest BCUT2D eigenvalue weighted by Crippen LogP contribution is 2.21. The van der Waals surface area contributed by atoms with Gasteiger partial charge in [0.25, 0.3) is 11.5 Å². The van der Waals surface area contributed by atoms with Crippen LogP contribution in [-0.4, -0.2) is 22.4 Å². The monoisotopic (exact) mass is 362 g/mol. The zero-order valence-corrected chi connectivity index (χ0v) is 15.5. The SMILES string of the molecule is CCn1ccc(C(=O)N(C)Cc2ccc(Oc3ccccc3)cc2)cc1=O. The first kappa shape index (κ1) is 18.5. The lowest BCUT2D eigenvalue weighted by Gasteiger charge is -2.18. The second kappa shape index (κ2) is 8.36. The van der Waals surface area contributed by atoms with Crippen LogP contribution in [0.25, 0.3) is 0 Å². The maximum absolute atomic E-state index is 12.6. The molecule has 0 spiro atoms. The van der Waals surface area contributed by atoms with Gasteiger partial charge in [-0.15, -0.1) is 0 Å². The molecule has 0 aliphatic rings. The molecule has 3 rings (SSSR count). The van der Waals surface area contributed by atoms with E-state index in [9.17, 15) is 9.59 Å². The summed E-state index contributed by atoms with van der Waals surface area (Å²) in [7, 11) is 1.72. The molecule has 0 atom stereocenters. The normalized spacial score (nSPS) is 10.4. The number of amides is 1. The molecule has 0 bridgehead atoms. The fourth-order valence-corrected chi connectivity index (χ4v) is 2.76. The van der Waals surface area contributed by atoms with Crippen molar-refractivity contribution in [2.45, 2.75) is 20.0 Å². The third-order valence-corrected chi connectivity index (χ3v) is 4.25. The van der Waals surface area contributed by atoms with E-state index < -0.39 is 0 Å². The minimum absolute atomic E-state index is 0.167. The Kier molecular flexibility index (Phi) is 5.71. The molecule has 5 heteroatoms. The number of para-hydroxylation sites is 1. The van der Waals surface area contributed by atoms with Gasteiger partial charge in [0.05, 0.1) is 0 Å². The minimum Gasteiger partial charge on any atom is -0.457 e. The lowest BCUT2D eigenvalue weighted by Crippen LogP contribution is -2.28. The van der Waals surface area contributed by atoms with Gasteiger partial charge in [0.2, 0.25) is 0 Å². The Labute approximate surface area is 158 Å². The fourth-order valence-electron chi connectivity index (χ4n) is 2.76. The standard InChI is InChI=1S/C22H22N2O3/c1-3-24-14-13-18(15-21(24)25)22(26)23(2)16-17-9-11-20(12-10-17)27-19-7-5-4-6-8-19/h4-15H,3,16H2,1-2H3. The van der Waals surface area contributed by atoms with Gasteiger partial charge in [-0.05, 0) is 42.8 Å². The van der Waals surface area contributed by atoms with Crippen LogP contribution >= 0.6 is 0 Å². The molecule has 0 aliphatic heterocycles. The molecule has 1 amide bonds. The van der Waals surface area contributed by atoms with Crippen LogP contribution in [0.15, 0.2) is 77.7 Å². The second-order valence-electron chi connectivity index (χ2n) is 6.26. The zero-order valence-electron chi connectivity index (χ0n) is 15.5. The molecule has 1 aromatic heterocycles. The van der Waals surface area contributed by atoms with Crippen molar-refractivity contribution in [3.63, 3.8) is 0 Å². The van der Waals surface area contributed by atoms with Gasteiger partial charge in [0.15, 0.2) is 0 Å². The number of benzene rings is 2.